The van der Waals surface area contributed by atoms with E-state index < -0.39 is 49.1 Å². The van der Waals surface area contributed by atoms with Crippen LogP contribution in [0.3, 0.4) is 0 Å². The summed E-state index contributed by atoms with van der Waals surface area (Å²) < 4.78 is -8.24. The van der Waals surface area contributed by atoms with Crippen LogP contribution in [0.2, 0.25) is 0 Å². The van der Waals surface area contributed by atoms with Crippen LogP contribution in [0.25, 0.3) is 0 Å². The van der Waals surface area contributed by atoms with E-state index in [2.05, 4.69) is 0 Å². The highest BCUT2D eigenvalue weighted by atomic mass is 35.6. The van der Waals surface area contributed by atoms with Crippen molar-refractivity contribution in [3.05, 3.63) is 0 Å². The second-order valence-electron chi connectivity index (χ2n) is 3.00. The fraction of sp³-hybridized carbons (Fsp3) is 1.00. The van der Waals surface area contributed by atoms with Crippen molar-refractivity contribution in [3.8, 4) is 0 Å². The lowest BCUT2D eigenvalue weighted by molar-refractivity contribution is 0.303. The Kier molecular flexibility index (Phi) is 116. The molecule has 0 aliphatic rings. The van der Waals surface area contributed by atoms with Crippen molar-refractivity contribution in [1.29, 1.82) is 0 Å². The van der Waals surface area contributed by atoms with Gasteiger partial charge in [-0.1, -0.05) is 348 Å². The molecule has 0 spiro atoms. The maximum Gasteiger partial charge on any atom is 0.213 e. The van der Waals surface area contributed by atoms with Gasteiger partial charge in [-0.3, -0.25) is 0 Å². The molecule has 0 rings (SSSR count). The third-order valence-electron chi connectivity index (χ3n) is 0.179. The lowest BCUT2D eigenvalue weighted by atomic mass is 10.9. The molecule has 0 aromatic heterocycles. The van der Waals surface area contributed by atoms with Crippen LogP contribution in [0.1, 0.15) is 0 Å². The Morgan fingerprint density at radius 3 is 0.286 bits per heavy atom. The van der Waals surface area contributed by atoms with E-state index in [0.717, 1.165) is 0 Å². The molecule has 0 aliphatic carbocycles. The molecule has 0 amide bonds. The zero-order valence-electron chi connectivity index (χ0n) is 18.2. The van der Waals surface area contributed by atoms with E-state index in [1.165, 1.54) is 0 Å². The molecular weight excluding hydrogens is 1210 g/mol. The van der Waals surface area contributed by atoms with Crippen LogP contribution in [0.15, 0.2) is 0 Å². The minimum absolute atomic E-state index is 0.433. The maximum absolute atomic E-state index is 8.01. The van der Waals surface area contributed by atoms with Crippen molar-refractivity contribution in [1.82, 2.24) is 0 Å². The van der Waals surface area contributed by atoms with Crippen molar-refractivity contribution in [2.24, 2.45) is 0 Å². The van der Waals surface area contributed by atoms with Crippen LogP contribution < -0.4 is 0 Å². The van der Waals surface area contributed by atoms with Crippen molar-refractivity contribution >= 4 is 348 Å². The highest BCUT2D eigenvalue weighted by molar-refractivity contribution is 6.68. The molecule has 0 saturated carbocycles. The molecule has 1 nitrogen and oxygen atoms in total. The summed E-state index contributed by atoms with van der Waals surface area (Å²) in [6.07, 6.45) is 0. The molecule has 0 heterocycles. The van der Waals surface area contributed by atoms with Crippen molar-refractivity contribution in [3.63, 3.8) is 0 Å². The topological polar surface area (TPSA) is 20.2 Å². The summed E-state index contributed by atoms with van der Waals surface area (Å²) in [5.74, 6) is 0. The van der Waals surface area contributed by atoms with Crippen molar-refractivity contribution in [2.45, 2.75) is 42.5 Å². The smallest absolute Gasteiger partial charge is 0.213 e. The Bertz CT molecular complexity index is 249. The first-order chi connectivity index (χ1) is 18.1. The molecule has 0 aliphatic heterocycles. The van der Waals surface area contributed by atoms with Crippen LogP contribution in [-0.4, -0.2) is 54.2 Å². The minimum atomic E-state index is -1.49. The summed E-state index contributed by atoms with van der Waals surface area (Å²) in [5, 5.41) is 8.01. The number of alkyl halides is 30. The van der Waals surface area contributed by atoms with Gasteiger partial charge in [-0.2, -0.15) is 0 Å². The average molecular weight is 1220 g/mol. The van der Waals surface area contributed by atoms with E-state index in [0.29, 0.717) is 0 Å². The van der Waals surface area contributed by atoms with Crippen LogP contribution >= 0.6 is 348 Å². The summed E-state index contributed by atoms with van der Waals surface area (Å²) in [7, 11) is 0. The largest absolute Gasteiger partial charge is 0.392 e. The molecule has 0 aromatic rings. The van der Waals surface area contributed by atoms with E-state index in [9.17, 15) is 0 Å². The van der Waals surface area contributed by atoms with Crippen LogP contribution in [-0.2, 0) is 0 Å². The Labute approximate surface area is 395 Å². The molecule has 1 N–H and O–H groups in total. The zero-order chi connectivity index (χ0) is 37.4. The second kappa shape index (κ2) is 64.6. The van der Waals surface area contributed by atoms with Gasteiger partial charge < -0.3 is 5.11 Å². The summed E-state index contributed by atoms with van der Waals surface area (Å²) in [5.41, 5.74) is 0. The lowest BCUT2D eigenvalue weighted by Gasteiger charge is -2.01. The number of rotatable bonds is 0. The quantitative estimate of drug-likeness (QED) is 0.240. The first-order valence-electron chi connectivity index (χ1n) is 7.13. The van der Waals surface area contributed by atoms with E-state index in [-0.39, 0.29) is 0 Å². The van der Waals surface area contributed by atoms with Gasteiger partial charge in [0.15, 0.2) is 38.7 Å². The van der Waals surface area contributed by atoms with E-state index >= 15 is 0 Å². The molecule has 0 radical (unpaired) electrons. The molecule has 0 bridgehead atoms. The van der Waals surface area contributed by atoms with Gasteiger partial charge >= 0.3 is 0 Å². The monoisotopic (exact) mass is 1210 g/mol. The lowest BCUT2D eigenvalue weighted by Crippen LogP contribution is -2.06. The highest BCUT2D eigenvalue weighted by Crippen LogP contribution is 2.23. The summed E-state index contributed by atoms with van der Waals surface area (Å²) in [4.78, 5) is 0. The van der Waals surface area contributed by atoms with Gasteiger partial charge in [0.1, 0.15) is 0 Å². The van der Waals surface area contributed by atoms with Crippen LogP contribution in [0, 0.1) is 0 Å². The molecule has 31 heteroatoms. The number of hydrogen-bond acceptors (Lipinski definition) is 1. The normalized spacial score (nSPS) is 9.43. The van der Waals surface area contributed by atoms with Crippen LogP contribution in [0.5, 0.6) is 0 Å². The fourth-order valence-corrected chi connectivity index (χ4v) is 0. The van der Waals surface area contributed by atoms with E-state index in [1.54, 1.807) is 0 Å². The second-order valence-corrected chi connectivity index (χ2v) is 23.3. The number of hydrogen-bond donors (Lipinski definition) is 1. The predicted molar refractivity (Wildman–Crippen MR) is 219 cm³/mol. The standard InChI is InChI=1S/C2H3Cl3O.9CHCl3/c3-2(4,5)1-6;9*2-1(3)4/h6H,1H2;9*1H. The van der Waals surface area contributed by atoms with Gasteiger partial charge in [0.05, 0.1) is 6.61 Å². The van der Waals surface area contributed by atoms with Gasteiger partial charge in [-0.25, -0.2) is 0 Å². The fourth-order valence-electron chi connectivity index (χ4n) is 0. The average Bonchev–Trinajstić information content (AvgIpc) is 2.56. The molecule has 42 heavy (non-hydrogen) atoms. The van der Waals surface area contributed by atoms with Gasteiger partial charge in [-0.05, 0) is 0 Å². The molecule has 0 saturated heterocycles. The first kappa shape index (κ1) is 75.6. The third-order valence-corrected chi connectivity index (χ3v) is 0.538. The van der Waals surface area contributed by atoms with Gasteiger partial charge in [0.25, 0.3) is 0 Å². The Balaban J connectivity index is -0.0000000340. The number of aliphatic hydroxyl groups is 1. The highest BCUT2D eigenvalue weighted by Gasteiger charge is 2.16. The summed E-state index contributed by atoms with van der Waals surface area (Å²) in [6, 6.07) is 0. The predicted octanol–water partition coefficient (Wildman–Crippen LogP) is 19.2. The minimum Gasteiger partial charge on any atom is -0.392 e. The van der Waals surface area contributed by atoms with E-state index in [4.69, 9.17) is 353 Å². The molecule has 0 aromatic carbocycles. The summed E-state index contributed by atoms with van der Waals surface area (Å²) in [6.45, 7) is -0.433. The molecular formula is C11H12Cl30O. The van der Waals surface area contributed by atoms with Crippen LogP contribution in [0.4, 0.5) is 0 Å². The molecule has 0 atom stereocenters. The van der Waals surface area contributed by atoms with Gasteiger partial charge in [0.2, 0.25) is 3.79 Å². The first-order valence-corrected chi connectivity index (χ1v) is 20.0. The Morgan fingerprint density at radius 1 is 0.262 bits per heavy atom. The van der Waals surface area contributed by atoms with Crippen molar-refractivity contribution < 1.29 is 5.11 Å². The maximum atomic E-state index is 8.01. The SMILES string of the molecule is ClC(Cl)Cl.ClC(Cl)Cl.ClC(Cl)Cl.ClC(Cl)Cl.ClC(Cl)Cl.ClC(Cl)Cl.ClC(Cl)Cl.ClC(Cl)Cl.ClC(Cl)Cl.OCC(Cl)(Cl)Cl. The van der Waals surface area contributed by atoms with Crippen molar-refractivity contribution in [2.75, 3.05) is 6.61 Å². The number of halogens is 30. The Morgan fingerprint density at radius 2 is 0.286 bits per heavy atom. The number of aliphatic hydroxyl groups excluding tert-OH is 1. The molecule has 272 valence electrons. The van der Waals surface area contributed by atoms with Gasteiger partial charge in [-0.15, -0.1) is 0 Å². The molecule has 0 fully saturated rings. The third kappa shape index (κ3) is 813. The Hall–Kier alpha value is 8.66. The molecule has 0 unspecified atom stereocenters. The zero-order valence-corrected chi connectivity index (χ0v) is 40.9. The van der Waals surface area contributed by atoms with E-state index in [1.807, 2.05) is 0 Å². The van der Waals surface area contributed by atoms with Gasteiger partial charge in [0, 0.05) is 0 Å². The summed E-state index contributed by atoms with van der Waals surface area (Å²) >= 11 is 145.